The zero-order valence-corrected chi connectivity index (χ0v) is 12.0. The van der Waals surface area contributed by atoms with Crippen molar-refractivity contribution in [2.24, 2.45) is 0 Å². The number of hydrogen-bond donors (Lipinski definition) is 1. The van der Waals surface area contributed by atoms with Crippen molar-refractivity contribution in [3.63, 3.8) is 0 Å². The van der Waals surface area contributed by atoms with Crippen LogP contribution in [0.5, 0.6) is 5.75 Å². The fourth-order valence-electron chi connectivity index (χ4n) is 2.55. The Labute approximate surface area is 122 Å². The van der Waals surface area contributed by atoms with Gasteiger partial charge in [0, 0.05) is 6.04 Å². The Morgan fingerprint density at radius 1 is 1.29 bits per heavy atom. The van der Waals surface area contributed by atoms with Gasteiger partial charge in [0.25, 0.3) is 0 Å². The quantitative estimate of drug-likeness (QED) is 0.784. The van der Waals surface area contributed by atoms with Gasteiger partial charge in [0.2, 0.25) is 0 Å². The first-order valence-corrected chi connectivity index (χ1v) is 7.13. The molecule has 1 aromatic rings. The SMILES string of the molecule is CCNC1CCc2cc(OCCOCC(F)(F)F)ccc21. The lowest BCUT2D eigenvalue weighted by Crippen LogP contribution is -2.19. The molecule has 2 rings (SSSR count). The van der Waals surface area contributed by atoms with E-state index in [0.717, 1.165) is 19.4 Å². The molecule has 0 amide bonds. The number of halogens is 3. The maximum Gasteiger partial charge on any atom is 0.411 e. The molecule has 1 atom stereocenters. The van der Waals surface area contributed by atoms with Gasteiger partial charge in [-0.05, 0) is 42.6 Å². The molecule has 0 aliphatic heterocycles. The lowest BCUT2D eigenvalue weighted by molar-refractivity contribution is -0.175. The fraction of sp³-hybridized carbons (Fsp3) is 0.600. The molecule has 3 nitrogen and oxygen atoms in total. The van der Waals surface area contributed by atoms with E-state index in [9.17, 15) is 13.2 Å². The van der Waals surface area contributed by atoms with E-state index in [4.69, 9.17) is 4.74 Å². The van der Waals surface area contributed by atoms with Crippen molar-refractivity contribution in [3.05, 3.63) is 29.3 Å². The van der Waals surface area contributed by atoms with E-state index < -0.39 is 12.8 Å². The largest absolute Gasteiger partial charge is 0.491 e. The number of aryl methyl sites for hydroxylation is 1. The van der Waals surface area contributed by atoms with Crippen LogP contribution in [0.4, 0.5) is 13.2 Å². The molecule has 1 aliphatic rings. The fourth-order valence-corrected chi connectivity index (χ4v) is 2.55. The van der Waals surface area contributed by atoms with Gasteiger partial charge in [0.1, 0.15) is 19.0 Å². The van der Waals surface area contributed by atoms with E-state index in [1.165, 1.54) is 11.1 Å². The summed E-state index contributed by atoms with van der Waals surface area (Å²) < 4.78 is 45.6. The highest BCUT2D eigenvalue weighted by Crippen LogP contribution is 2.33. The molecule has 0 fully saturated rings. The second-order valence-corrected chi connectivity index (χ2v) is 5.03. The van der Waals surface area contributed by atoms with E-state index in [1.807, 2.05) is 18.2 Å². The Morgan fingerprint density at radius 2 is 2.10 bits per heavy atom. The number of hydrogen-bond acceptors (Lipinski definition) is 3. The standard InChI is InChI=1S/C15H20F3NO2/c1-2-19-14-6-3-11-9-12(4-5-13(11)14)21-8-7-20-10-15(16,17)18/h4-5,9,14,19H,2-3,6-8,10H2,1H3. The summed E-state index contributed by atoms with van der Waals surface area (Å²) in [5.41, 5.74) is 2.53. The van der Waals surface area contributed by atoms with Gasteiger partial charge in [-0.1, -0.05) is 13.0 Å². The van der Waals surface area contributed by atoms with Crippen LogP contribution < -0.4 is 10.1 Å². The van der Waals surface area contributed by atoms with Crippen LogP contribution >= 0.6 is 0 Å². The van der Waals surface area contributed by atoms with Crippen molar-refractivity contribution >= 4 is 0 Å². The van der Waals surface area contributed by atoms with E-state index in [-0.39, 0.29) is 13.2 Å². The smallest absolute Gasteiger partial charge is 0.411 e. The molecule has 0 aromatic heterocycles. The Bertz CT molecular complexity index is 463. The number of nitrogens with one attached hydrogen (secondary N) is 1. The predicted octanol–water partition coefficient (Wildman–Crippen LogP) is 3.24. The summed E-state index contributed by atoms with van der Waals surface area (Å²) in [5, 5.41) is 3.43. The molecular formula is C15H20F3NO2. The van der Waals surface area contributed by atoms with E-state index >= 15 is 0 Å². The third kappa shape index (κ3) is 4.89. The molecule has 0 saturated carbocycles. The molecule has 21 heavy (non-hydrogen) atoms. The minimum absolute atomic E-state index is 0.0728. The van der Waals surface area contributed by atoms with Gasteiger partial charge in [-0.25, -0.2) is 0 Å². The summed E-state index contributed by atoms with van der Waals surface area (Å²) in [6.45, 7) is 1.82. The van der Waals surface area contributed by atoms with Crippen LogP contribution in [0, 0.1) is 0 Å². The number of benzene rings is 1. The molecule has 0 bridgehead atoms. The minimum atomic E-state index is -4.28. The molecule has 1 unspecified atom stereocenters. The Kier molecular flexibility index (Phi) is 5.47. The summed E-state index contributed by atoms with van der Waals surface area (Å²) >= 11 is 0. The highest BCUT2D eigenvalue weighted by Gasteiger charge is 2.27. The number of ether oxygens (including phenoxy) is 2. The minimum Gasteiger partial charge on any atom is -0.491 e. The van der Waals surface area contributed by atoms with Crippen LogP contribution in [0.3, 0.4) is 0 Å². The van der Waals surface area contributed by atoms with Gasteiger partial charge in [0.05, 0.1) is 6.61 Å². The number of fused-ring (bicyclic) bond motifs is 1. The highest BCUT2D eigenvalue weighted by atomic mass is 19.4. The van der Waals surface area contributed by atoms with Crippen LogP contribution in [0.25, 0.3) is 0 Å². The maximum absolute atomic E-state index is 11.9. The summed E-state index contributed by atoms with van der Waals surface area (Å²) in [6.07, 6.45) is -2.22. The van der Waals surface area contributed by atoms with Crippen LogP contribution in [-0.4, -0.2) is 32.5 Å². The van der Waals surface area contributed by atoms with Crippen molar-refractivity contribution < 1.29 is 22.6 Å². The summed E-state index contributed by atoms with van der Waals surface area (Å²) in [7, 11) is 0. The third-order valence-corrected chi connectivity index (χ3v) is 3.40. The zero-order chi connectivity index (χ0) is 15.3. The molecule has 1 aliphatic carbocycles. The topological polar surface area (TPSA) is 30.5 Å². The Balaban J connectivity index is 1.78. The number of rotatable bonds is 7. The molecule has 1 aromatic carbocycles. The van der Waals surface area contributed by atoms with Gasteiger partial charge >= 0.3 is 6.18 Å². The van der Waals surface area contributed by atoms with Crippen molar-refractivity contribution in [1.82, 2.24) is 5.32 Å². The van der Waals surface area contributed by atoms with Gasteiger partial charge in [-0.15, -0.1) is 0 Å². The van der Waals surface area contributed by atoms with Crippen molar-refractivity contribution in [2.75, 3.05) is 26.4 Å². The van der Waals surface area contributed by atoms with Gasteiger partial charge < -0.3 is 14.8 Å². The normalized spacial score (nSPS) is 17.8. The van der Waals surface area contributed by atoms with Gasteiger partial charge in [-0.2, -0.15) is 13.2 Å². The monoisotopic (exact) mass is 303 g/mol. The second-order valence-electron chi connectivity index (χ2n) is 5.03. The second kappa shape index (κ2) is 7.13. The van der Waals surface area contributed by atoms with Crippen molar-refractivity contribution in [2.45, 2.75) is 32.0 Å². The zero-order valence-electron chi connectivity index (χ0n) is 12.0. The average molecular weight is 303 g/mol. The van der Waals surface area contributed by atoms with Gasteiger partial charge in [0.15, 0.2) is 0 Å². The third-order valence-electron chi connectivity index (χ3n) is 3.40. The lowest BCUT2D eigenvalue weighted by Gasteiger charge is -2.13. The molecule has 6 heteroatoms. The summed E-state index contributed by atoms with van der Waals surface area (Å²) in [6, 6.07) is 6.25. The molecule has 0 radical (unpaired) electrons. The molecule has 1 N–H and O–H groups in total. The van der Waals surface area contributed by atoms with Crippen molar-refractivity contribution in [1.29, 1.82) is 0 Å². The first-order chi connectivity index (χ1) is 9.99. The van der Waals surface area contributed by atoms with E-state index in [2.05, 4.69) is 17.0 Å². The molecular weight excluding hydrogens is 283 g/mol. The van der Waals surface area contributed by atoms with E-state index in [0.29, 0.717) is 11.8 Å². The van der Waals surface area contributed by atoms with Crippen molar-refractivity contribution in [3.8, 4) is 5.75 Å². The summed E-state index contributed by atoms with van der Waals surface area (Å²) in [5.74, 6) is 0.682. The lowest BCUT2D eigenvalue weighted by atomic mass is 10.1. The molecule has 118 valence electrons. The first kappa shape index (κ1) is 16.1. The predicted molar refractivity (Wildman–Crippen MR) is 73.5 cm³/mol. The molecule has 0 spiro atoms. The van der Waals surface area contributed by atoms with Crippen LogP contribution in [0.1, 0.15) is 30.5 Å². The highest BCUT2D eigenvalue weighted by molar-refractivity contribution is 5.40. The summed E-state index contributed by atoms with van der Waals surface area (Å²) in [4.78, 5) is 0. The Hall–Kier alpha value is -1.27. The Morgan fingerprint density at radius 3 is 2.81 bits per heavy atom. The van der Waals surface area contributed by atoms with Crippen LogP contribution in [0.15, 0.2) is 18.2 Å². The van der Waals surface area contributed by atoms with E-state index in [1.54, 1.807) is 0 Å². The average Bonchev–Trinajstić information content (AvgIpc) is 2.80. The molecule has 0 saturated heterocycles. The first-order valence-electron chi connectivity index (χ1n) is 7.13. The molecule has 0 heterocycles. The van der Waals surface area contributed by atoms with Gasteiger partial charge in [-0.3, -0.25) is 0 Å². The maximum atomic E-state index is 11.9. The van der Waals surface area contributed by atoms with Crippen LogP contribution in [-0.2, 0) is 11.2 Å². The van der Waals surface area contributed by atoms with Crippen LogP contribution in [0.2, 0.25) is 0 Å². The number of alkyl halides is 3.